The van der Waals surface area contributed by atoms with E-state index in [-0.39, 0.29) is 0 Å². The van der Waals surface area contributed by atoms with Gasteiger partial charge in [-0.3, -0.25) is 29.4 Å². The summed E-state index contributed by atoms with van der Waals surface area (Å²) in [6, 6.07) is 4.26. The van der Waals surface area contributed by atoms with E-state index in [2.05, 4.69) is 112 Å². The average molecular weight is 497 g/mol. The van der Waals surface area contributed by atoms with Crippen LogP contribution in [0.3, 0.4) is 0 Å². The Morgan fingerprint density at radius 2 is 0.486 bits per heavy atom. The van der Waals surface area contributed by atoms with E-state index in [1.807, 2.05) is 0 Å². The molecule has 6 heteroatoms. The van der Waals surface area contributed by atoms with Crippen LogP contribution in [0.15, 0.2) is 0 Å². The molecule has 0 aromatic heterocycles. The largest absolute Gasteiger partial charge is 0.298 e. The third-order valence-corrected chi connectivity index (χ3v) is 8.02. The summed E-state index contributed by atoms with van der Waals surface area (Å²) < 4.78 is 0. The molecule has 0 unspecified atom stereocenters. The van der Waals surface area contributed by atoms with Crippen LogP contribution in [0.2, 0.25) is 0 Å². The Morgan fingerprint density at radius 1 is 0.286 bits per heavy atom. The van der Waals surface area contributed by atoms with Gasteiger partial charge in [-0.15, -0.1) is 0 Å². The molecule has 0 N–H and O–H groups in total. The molecule has 3 heterocycles. The molecule has 0 amide bonds. The molecule has 0 spiro atoms. The quantitative estimate of drug-likeness (QED) is 0.533. The zero-order valence-electron chi connectivity index (χ0n) is 25.9. The van der Waals surface area contributed by atoms with Crippen molar-refractivity contribution in [2.45, 2.75) is 126 Å². The van der Waals surface area contributed by atoms with E-state index in [9.17, 15) is 0 Å². The summed E-state index contributed by atoms with van der Waals surface area (Å²) >= 11 is 0. The molecule has 0 aliphatic carbocycles. The van der Waals surface area contributed by atoms with E-state index in [0.717, 1.165) is 25.4 Å². The lowest BCUT2D eigenvalue weighted by Crippen LogP contribution is -2.50. The van der Waals surface area contributed by atoms with E-state index in [1.54, 1.807) is 0 Å². The Balaban J connectivity index is 0.000000263. The van der Waals surface area contributed by atoms with Gasteiger partial charge in [0.15, 0.2) is 0 Å². The second-order valence-electron chi connectivity index (χ2n) is 12.5. The van der Waals surface area contributed by atoms with Crippen molar-refractivity contribution < 1.29 is 0 Å². The second kappa shape index (κ2) is 16.6. The van der Waals surface area contributed by atoms with Gasteiger partial charge in [0.1, 0.15) is 0 Å². The maximum absolute atomic E-state index is 2.55. The highest BCUT2D eigenvalue weighted by Crippen LogP contribution is 2.12. The minimum absolute atomic E-state index is 0.701. The van der Waals surface area contributed by atoms with E-state index >= 15 is 0 Å². The van der Waals surface area contributed by atoms with Gasteiger partial charge in [-0.05, 0) is 89.5 Å². The monoisotopic (exact) mass is 497 g/mol. The molecule has 0 aromatic rings. The standard InChI is InChI=1S/2C10H22N2.C9H20N2/c1-9(2)11-5-7-12(8-6-11)10(3)4;1-9(2)11-6-5-7-12(8-11)10(3)4;1-8(2)10-5-6-11(7-10)9(3)4/h2*9-10H,5-8H2,1-4H3;8-9H,5-7H2,1-4H3. The number of rotatable bonds is 6. The maximum atomic E-state index is 2.55. The number of hydrogen-bond donors (Lipinski definition) is 0. The van der Waals surface area contributed by atoms with Gasteiger partial charge in [0, 0.05) is 88.6 Å². The third kappa shape index (κ3) is 12.2. The van der Waals surface area contributed by atoms with Gasteiger partial charge in [-0.1, -0.05) is 0 Å². The van der Waals surface area contributed by atoms with Gasteiger partial charge in [-0.25, -0.2) is 0 Å². The van der Waals surface area contributed by atoms with E-state index in [1.165, 1.54) is 58.8 Å². The van der Waals surface area contributed by atoms with Crippen molar-refractivity contribution in [1.82, 2.24) is 29.4 Å². The van der Waals surface area contributed by atoms with Crippen LogP contribution >= 0.6 is 0 Å². The van der Waals surface area contributed by atoms with Crippen molar-refractivity contribution in [1.29, 1.82) is 0 Å². The summed E-state index contributed by atoms with van der Waals surface area (Å²) in [6.45, 7) is 39.7. The van der Waals surface area contributed by atoms with Crippen molar-refractivity contribution >= 4 is 0 Å². The molecule has 210 valence electrons. The van der Waals surface area contributed by atoms with Gasteiger partial charge in [-0.2, -0.15) is 0 Å². The van der Waals surface area contributed by atoms with Crippen LogP contribution in [0.1, 0.15) is 89.5 Å². The molecule has 6 nitrogen and oxygen atoms in total. The molecule has 3 saturated heterocycles. The van der Waals surface area contributed by atoms with Gasteiger partial charge in [0.2, 0.25) is 0 Å². The van der Waals surface area contributed by atoms with E-state index in [4.69, 9.17) is 0 Å². The summed E-state index contributed by atoms with van der Waals surface area (Å²) in [5.41, 5.74) is 0. The first kappa shape index (κ1) is 32.8. The zero-order chi connectivity index (χ0) is 26.7. The SMILES string of the molecule is CC(C)N1CCCN(C(C)C)C1.CC(C)N1CCN(C(C)C)C1.CC(C)N1CCN(C(C)C)CC1. The van der Waals surface area contributed by atoms with Crippen LogP contribution in [0.5, 0.6) is 0 Å². The molecule has 0 bridgehead atoms. The maximum Gasteiger partial charge on any atom is 0.0512 e. The minimum atomic E-state index is 0.701. The summed E-state index contributed by atoms with van der Waals surface area (Å²) in [6.07, 6.45) is 1.33. The smallest absolute Gasteiger partial charge is 0.0512 e. The van der Waals surface area contributed by atoms with Crippen LogP contribution in [0.4, 0.5) is 0 Å². The fourth-order valence-corrected chi connectivity index (χ4v) is 4.94. The van der Waals surface area contributed by atoms with Gasteiger partial charge < -0.3 is 0 Å². The molecule has 0 radical (unpaired) electrons. The first-order chi connectivity index (χ1) is 16.3. The van der Waals surface area contributed by atoms with Crippen molar-refractivity contribution in [3.05, 3.63) is 0 Å². The molecule has 3 aliphatic heterocycles. The topological polar surface area (TPSA) is 19.4 Å². The predicted molar refractivity (Wildman–Crippen MR) is 155 cm³/mol. The van der Waals surface area contributed by atoms with Crippen molar-refractivity contribution in [3.8, 4) is 0 Å². The molecular formula is C29H64N6. The Kier molecular flexibility index (Phi) is 15.5. The third-order valence-electron chi connectivity index (χ3n) is 8.02. The van der Waals surface area contributed by atoms with Gasteiger partial charge >= 0.3 is 0 Å². The Hall–Kier alpha value is -0.240. The highest BCUT2D eigenvalue weighted by molar-refractivity contribution is 4.77. The van der Waals surface area contributed by atoms with Crippen LogP contribution < -0.4 is 0 Å². The van der Waals surface area contributed by atoms with E-state index in [0.29, 0.717) is 24.2 Å². The molecule has 35 heavy (non-hydrogen) atoms. The minimum Gasteiger partial charge on any atom is -0.298 e. The van der Waals surface area contributed by atoms with Crippen molar-refractivity contribution in [2.24, 2.45) is 0 Å². The molecular weight excluding hydrogens is 432 g/mol. The molecule has 0 atom stereocenters. The molecule has 3 fully saturated rings. The average Bonchev–Trinajstić information content (AvgIpc) is 3.31. The van der Waals surface area contributed by atoms with Crippen molar-refractivity contribution in [3.63, 3.8) is 0 Å². The lowest BCUT2D eigenvalue weighted by atomic mass is 10.2. The second-order valence-corrected chi connectivity index (χ2v) is 12.5. The van der Waals surface area contributed by atoms with Crippen LogP contribution in [0, 0.1) is 0 Å². The molecule has 0 aromatic carbocycles. The van der Waals surface area contributed by atoms with Gasteiger partial charge in [0.05, 0.1) is 13.3 Å². The summed E-state index contributed by atoms with van der Waals surface area (Å²) in [5.74, 6) is 0. The molecule has 0 saturated carbocycles. The molecule has 3 aliphatic rings. The highest BCUT2D eigenvalue weighted by Gasteiger charge is 2.23. The fourth-order valence-electron chi connectivity index (χ4n) is 4.94. The lowest BCUT2D eigenvalue weighted by Gasteiger charge is -2.39. The Labute approximate surface area is 221 Å². The van der Waals surface area contributed by atoms with E-state index < -0.39 is 0 Å². The number of nitrogens with zero attached hydrogens (tertiary/aromatic N) is 6. The normalized spacial score (nSPS) is 22.5. The Bertz CT molecular complexity index is 481. The van der Waals surface area contributed by atoms with Crippen LogP contribution in [0.25, 0.3) is 0 Å². The van der Waals surface area contributed by atoms with Crippen molar-refractivity contribution in [2.75, 3.05) is 65.7 Å². The highest BCUT2D eigenvalue weighted by atomic mass is 15.4. The lowest BCUT2D eigenvalue weighted by molar-refractivity contribution is 0.0430. The first-order valence-corrected chi connectivity index (χ1v) is 14.8. The summed E-state index contributed by atoms with van der Waals surface area (Å²) in [5, 5.41) is 0. The van der Waals surface area contributed by atoms with Crippen LogP contribution in [-0.2, 0) is 0 Å². The van der Waals surface area contributed by atoms with Crippen LogP contribution in [-0.4, -0.2) is 131 Å². The van der Waals surface area contributed by atoms with Gasteiger partial charge in [0.25, 0.3) is 0 Å². The fraction of sp³-hybridized carbons (Fsp3) is 1.00. The summed E-state index contributed by atoms with van der Waals surface area (Å²) in [4.78, 5) is 15.2. The molecule has 3 rings (SSSR count). The predicted octanol–water partition coefficient (Wildman–Crippen LogP) is 4.57. The Morgan fingerprint density at radius 3 is 0.686 bits per heavy atom. The first-order valence-electron chi connectivity index (χ1n) is 14.8. The zero-order valence-corrected chi connectivity index (χ0v) is 25.9. The number of piperazine rings is 1. The summed E-state index contributed by atoms with van der Waals surface area (Å²) in [7, 11) is 0. The number of hydrogen-bond acceptors (Lipinski definition) is 6.